The SMILES string of the molecule is CCOC(=O)N1CCN(S(=O)(=O)c2ccc(C(=O)N(CCCN(C)C)c3nc4ccc(OC)cc4s3)cc2)CC1.Cl. The second kappa shape index (κ2) is 14.3. The molecular formula is C27H36ClN5O6S2. The van der Waals surface area contributed by atoms with Crippen LogP contribution in [0.15, 0.2) is 47.4 Å². The highest BCUT2D eigenvalue weighted by Crippen LogP contribution is 2.32. The number of halogens is 1. The lowest BCUT2D eigenvalue weighted by Gasteiger charge is -2.33. The molecule has 1 aliphatic heterocycles. The predicted molar refractivity (Wildman–Crippen MR) is 162 cm³/mol. The molecule has 3 aromatic rings. The molecule has 0 unspecified atom stereocenters. The lowest BCUT2D eigenvalue weighted by Crippen LogP contribution is -2.50. The van der Waals surface area contributed by atoms with Gasteiger partial charge in [0.25, 0.3) is 5.91 Å². The van der Waals surface area contributed by atoms with Gasteiger partial charge in [-0.2, -0.15) is 4.31 Å². The highest BCUT2D eigenvalue weighted by molar-refractivity contribution is 7.89. The summed E-state index contributed by atoms with van der Waals surface area (Å²) in [6.07, 6.45) is 0.298. The Hall–Kier alpha value is -2.97. The van der Waals surface area contributed by atoms with Crippen molar-refractivity contribution < 1.29 is 27.5 Å². The van der Waals surface area contributed by atoms with Gasteiger partial charge in [0.05, 0.1) is 28.8 Å². The minimum Gasteiger partial charge on any atom is -0.497 e. The smallest absolute Gasteiger partial charge is 0.409 e. The van der Waals surface area contributed by atoms with Crippen molar-refractivity contribution in [2.75, 3.05) is 72.0 Å². The maximum Gasteiger partial charge on any atom is 0.409 e. The quantitative estimate of drug-likeness (QED) is 0.335. The van der Waals surface area contributed by atoms with E-state index in [1.54, 1.807) is 31.1 Å². The lowest BCUT2D eigenvalue weighted by atomic mass is 10.2. The van der Waals surface area contributed by atoms with E-state index in [9.17, 15) is 18.0 Å². The molecule has 1 aromatic heterocycles. The van der Waals surface area contributed by atoms with E-state index in [1.165, 1.54) is 32.7 Å². The molecule has 0 bridgehead atoms. The van der Waals surface area contributed by atoms with Crippen molar-refractivity contribution >= 4 is 61.1 Å². The molecule has 224 valence electrons. The predicted octanol–water partition coefficient (Wildman–Crippen LogP) is 3.79. The summed E-state index contributed by atoms with van der Waals surface area (Å²) in [5.74, 6) is 0.462. The van der Waals surface area contributed by atoms with Crippen LogP contribution in [0.25, 0.3) is 10.2 Å². The van der Waals surface area contributed by atoms with E-state index in [2.05, 4.69) is 4.90 Å². The standard InChI is InChI=1S/C27H35N5O6S2.ClH/c1-5-38-27(34)30-15-17-31(18-16-30)40(35,36)22-10-7-20(8-11-22)25(33)32(14-6-13-29(2)3)26-28-23-12-9-21(37-4)19-24(23)39-26;/h7-12,19H,5-6,13-18H2,1-4H3;1H. The number of amides is 2. The molecule has 2 aromatic carbocycles. The first-order valence-electron chi connectivity index (χ1n) is 13.1. The number of nitrogens with zero attached hydrogens (tertiary/aromatic N) is 5. The van der Waals surface area contributed by atoms with Gasteiger partial charge < -0.3 is 19.3 Å². The van der Waals surface area contributed by atoms with Gasteiger partial charge in [-0.1, -0.05) is 11.3 Å². The number of rotatable bonds is 10. The molecule has 4 rings (SSSR count). The minimum atomic E-state index is -3.78. The topological polar surface area (TPSA) is 113 Å². The van der Waals surface area contributed by atoms with Crippen LogP contribution in [0.4, 0.5) is 9.93 Å². The molecule has 0 atom stereocenters. The van der Waals surface area contributed by atoms with E-state index in [0.29, 0.717) is 23.0 Å². The molecule has 14 heteroatoms. The zero-order chi connectivity index (χ0) is 28.9. The van der Waals surface area contributed by atoms with Gasteiger partial charge in [-0.3, -0.25) is 9.69 Å². The van der Waals surface area contributed by atoms with Gasteiger partial charge in [0.1, 0.15) is 5.75 Å². The summed E-state index contributed by atoms with van der Waals surface area (Å²) >= 11 is 1.41. The van der Waals surface area contributed by atoms with Crippen molar-refractivity contribution in [3.05, 3.63) is 48.0 Å². The lowest BCUT2D eigenvalue weighted by molar-refractivity contribution is 0.0933. The van der Waals surface area contributed by atoms with Crippen LogP contribution in [0.1, 0.15) is 23.7 Å². The van der Waals surface area contributed by atoms with Crippen molar-refractivity contribution in [1.82, 2.24) is 19.1 Å². The van der Waals surface area contributed by atoms with Crippen LogP contribution in [0, 0.1) is 0 Å². The molecule has 11 nitrogen and oxygen atoms in total. The number of anilines is 1. The van der Waals surface area contributed by atoms with Crippen LogP contribution in [-0.2, 0) is 14.8 Å². The second-order valence-corrected chi connectivity index (χ2v) is 12.5. The summed E-state index contributed by atoms with van der Waals surface area (Å²) < 4.78 is 39.1. The van der Waals surface area contributed by atoms with Gasteiger partial charge in [0, 0.05) is 38.3 Å². The van der Waals surface area contributed by atoms with Gasteiger partial charge in [-0.25, -0.2) is 18.2 Å². The molecule has 0 spiro atoms. The van der Waals surface area contributed by atoms with Crippen LogP contribution < -0.4 is 9.64 Å². The number of thiazole rings is 1. The van der Waals surface area contributed by atoms with Crippen molar-refractivity contribution in [3.63, 3.8) is 0 Å². The molecule has 1 saturated heterocycles. The van der Waals surface area contributed by atoms with Crippen molar-refractivity contribution in [2.45, 2.75) is 18.2 Å². The number of carbonyl (C=O) groups is 2. The van der Waals surface area contributed by atoms with Crippen molar-refractivity contribution in [3.8, 4) is 5.75 Å². The third-order valence-corrected chi connectivity index (χ3v) is 9.51. The fourth-order valence-electron chi connectivity index (χ4n) is 4.36. The van der Waals surface area contributed by atoms with Gasteiger partial charge >= 0.3 is 6.09 Å². The number of carbonyl (C=O) groups excluding carboxylic acids is 2. The monoisotopic (exact) mass is 625 g/mol. The Kier molecular flexibility index (Phi) is 11.3. The highest BCUT2D eigenvalue weighted by Gasteiger charge is 2.31. The second-order valence-electron chi connectivity index (χ2n) is 9.56. The van der Waals surface area contributed by atoms with Crippen LogP contribution >= 0.6 is 23.7 Å². The van der Waals surface area contributed by atoms with E-state index in [1.807, 2.05) is 32.3 Å². The Morgan fingerprint density at radius 2 is 1.71 bits per heavy atom. The number of ether oxygens (including phenoxy) is 2. The van der Waals surface area contributed by atoms with Crippen molar-refractivity contribution in [1.29, 1.82) is 0 Å². The van der Waals surface area contributed by atoms with Crippen LogP contribution in [0.3, 0.4) is 0 Å². The summed E-state index contributed by atoms with van der Waals surface area (Å²) in [5.41, 5.74) is 1.14. The minimum absolute atomic E-state index is 0. The average molecular weight is 626 g/mol. The fraction of sp³-hybridized carbons (Fsp3) is 0.444. The average Bonchev–Trinajstić information content (AvgIpc) is 3.38. The van der Waals surface area contributed by atoms with Gasteiger partial charge in [0.2, 0.25) is 10.0 Å². The zero-order valence-corrected chi connectivity index (χ0v) is 26.1. The number of aromatic nitrogens is 1. The molecule has 0 saturated carbocycles. The molecule has 1 aliphatic rings. The first-order chi connectivity index (χ1) is 19.1. The van der Waals surface area contributed by atoms with E-state index in [0.717, 1.165) is 23.2 Å². The Balaban J connectivity index is 0.00000462. The number of piperazine rings is 1. The normalized spacial score (nSPS) is 14.1. The van der Waals surface area contributed by atoms with E-state index >= 15 is 0 Å². The number of hydrogen-bond acceptors (Lipinski definition) is 9. The largest absolute Gasteiger partial charge is 0.497 e. The fourth-order valence-corrected chi connectivity index (χ4v) is 6.81. The molecule has 0 N–H and O–H groups in total. The first-order valence-corrected chi connectivity index (χ1v) is 15.3. The third-order valence-electron chi connectivity index (χ3n) is 6.55. The molecule has 0 radical (unpaired) electrons. The summed E-state index contributed by atoms with van der Waals surface area (Å²) in [4.78, 5) is 35.6. The summed E-state index contributed by atoms with van der Waals surface area (Å²) in [6, 6.07) is 11.6. The van der Waals surface area contributed by atoms with Crippen LogP contribution in [0.5, 0.6) is 5.75 Å². The Labute approximate surface area is 251 Å². The molecule has 2 amide bonds. The zero-order valence-electron chi connectivity index (χ0n) is 23.6. The molecular weight excluding hydrogens is 590 g/mol. The molecule has 0 aliphatic carbocycles. The maximum absolute atomic E-state index is 13.7. The number of sulfonamides is 1. The van der Waals surface area contributed by atoms with Crippen molar-refractivity contribution in [2.24, 2.45) is 0 Å². The van der Waals surface area contributed by atoms with Crippen LogP contribution in [0.2, 0.25) is 0 Å². The third kappa shape index (κ3) is 7.66. The Morgan fingerprint density at radius 1 is 1.02 bits per heavy atom. The number of fused-ring (bicyclic) bond motifs is 1. The summed E-state index contributed by atoms with van der Waals surface area (Å²) in [7, 11) is 1.78. The number of benzene rings is 2. The summed E-state index contributed by atoms with van der Waals surface area (Å²) in [5, 5.41) is 0.572. The summed E-state index contributed by atoms with van der Waals surface area (Å²) in [6.45, 7) is 4.10. The van der Waals surface area contributed by atoms with Crippen LogP contribution in [-0.4, -0.2) is 107 Å². The Bertz CT molecular complexity index is 1440. The number of methoxy groups -OCH3 is 1. The van der Waals surface area contributed by atoms with Gasteiger partial charge in [-0.05, 0) is 76.4 Å². The first kappa shape index (κ1) is 32.5. The highest BCUT2D eigenvalue weighted by atomic mass is 35.5. The molecule has 2 heterocycles. The van der Waals surface area contributed by atoms with E-state index in [4.69, 9.17) is 14.5 Å². The van der Waals surface area contributed by atoms with Gasteiger partial charge in [0.15, 0.2) is 5.13 Å². The van der Waals surface area contributed by atoms with Gasteiger partial charge in [-0.15, -0.1) is 12.4 Å². The maximum atomic E-state index is 13.7. The van der Waals surface area contributed by atoms with E-state index < -0.39 is 16.1 Å². The molecule has 41 heavy (non-hydrogen) atoms. The number of hydrogen-bond donors (Lipinski definition) is 0. The Morgan fingerprint density at radius 3 is 2.32 bits per heavy atom. The molecule has 1 fully saturated rings. The van der Waals surface area contributed by atoms with E-state index in [-0.39, 0.29) is 56.0 Å².